The van der Waals surface area contributed by atoms with Crippen LogP contribution >= 0.6 is 11.6 Å². The van der Waals surface area contributed by atoms with Crippen LogP contribution in [0.5, 0.6) is 0 Å². The number of pyridine rings is 2. The first kappa shape index (κ1) is 27.8. The van der Waals surface area contributed by atoms with Crippen molar-refractivity contribution in [2.75, 3.05) is 0 Å². The van der Waals surface area contributed by atoms with E-state index in [1.165, 1.54) is 6.07 Å². The van der Waals surface area contributed by atoms with Crippen molar-refractivity contribution in [3.8, 4) is 16.8 Å². The number of amides is 1. The lowest BCUT2D eigenvalue weighted by Gasteiger charge is -2.29. The third-order valence-corrected chi connectivity index (χ3v) is 8.02. The Morgan fingerprint density at radius 1 is 1.05 bits per heavy atom. The molecule has 0 radical (unpaired) electrons. The summed E-state index contributed by atoms with van der Waals surface area (Å²) in [6.45, 7) is 0.524. The summed E-state index contributed by atoms with van der Waals surface area (Å²) < 4.78 is 32.0. The van der Waals surface area contributed by atoms with Crippen LogP contribution in [0.3, 0.4) is 0 Å². The van der Waals surface area contributed by atoms with Crippen LogP contribution in [0.25, 0.3) is 27.8 Å². The first-order valence-corrected chi connectivity index (χ1v) is 14.1. The number of hydrogen-bond acceptors (Lipinski definition) is 5. The predicted octanol–water partition coefficient (Wildman–Crippen LogP) is 5.56. The summed E-state index contributed by atoms with van der Waals surface area (Å²) in [5.74, 6) is -0.399. The minimum absolute atomic E-state index is 0.123. The molecule has 1 aliphatic carbocycles. The van der Waals surface area contributed by atoms with Gasteiger partial charge >= 0.3 is 5.69 Å². The van der Waals surface area contributed by atoms with Gasteiger partial charge < -0.3 is 5.32 Å². The molecular weight excluding hydrogens is 564 g/mol. The number of aromatic nitrogens is 6. The van der Waals surface area contributed by atoms with Crippen LogP contribution in [-0.4, -0.2) is 40.8 Å². The van der Waals surface area contributed by atoms with Gasteiger partial charge in [-0.1, -0.05) is 23.7 Å². The fraction of sp³-hybridized carbons (Fsp3) is 0.300. The Labute approximate surface area is 244 Å². The molecule has 0 atom stereocenters. The molecule has 0 spiro atoms. The van der Waals surface area contributed by atoms with Crippen LogP contribution in [0.4, 0.5) is 8.78 Å². The van der Waals surface area contributed by atoms with Gasteiger partial charge in [0, 0.05) is 49.4 Å². The molecule has 1 N–H and O–H groups in total. The molecule has 1 aromatic carbocycles. The topological polar surface area (TPSA) is 99.6 Å². The summed E-state index contributed by atoms with van der Waals surface area (Å²) >= 11 is 5.91. The maximum absolute atomic E-state index is 13.8. The van der Waals surface area contributed by atoms with Gasteiger partial charge in [-0.15, -0.1) is 0 Å². The third kappa shape index (κ3) is 5.44. The molecule has 1 amide bonds. The van der Waals surface area contributed by atoms with E-state index in [0.717, 1.165) is 41.2 Å². The molecule has 4 aromatic heterocycles. The molecule has 0 unspecified atom stereocenters. The lowest BCUT2D eigenvalue weighted by Crippen LogP contribution is -2.39. The smallest absolute Gasteiger partial charge is 0.333 e. The van der Waals surface area contributed by atoms with Crippen molar-refractivity contribution in [2.24, 2.45) is 13.0 Å². The molecule has 12 heteroatoms. The van der Waals surface area contributed by atoms with E-state index in [1.54, 1.807) is 27.8 Å². The zero-order valence-electron chi connectivity index (χ0n) is 22.8. The standard InChI is InChI=1S/C30H28ClF2N7O2/c1-38-17-20(13-36-38)19-10-23(15-34-12-19)40-26-5-3-2-4-25(26)39(30(40)42)16-18-6-8-22(9-7-18)37-29(41)24-11-21(31)14-35-27(24)28(32)33/h2-5,10-15,17-18,22,28H,6-9,16H2,1H3,(H,37,41). The van der Waals surface area contributed by atoms with Gasteiger partial charge in [-0.05, 0) is 55.9 Å². The Morgan fingerprint density at radius 3 is 2.52 bits per heavy atom. The number of fused-ring (bicyclic) bond motifs is 1. The van der Waals surface area contributed by atoms with Gasteiger partial charge in [-0.2, -0.15) is 5.10 Å². The minimum atomic E-state index is -2.88. The number of benzene rings is 1. The van der Waals surface area contributed by atoms with Crippen LogP contribution in [-0.2, 0) is 13.6 Å². The van der Waals surface area contributed by atoms with E-state index in [9.17, 15) is 18.4 Å². The monoisotopic (exact) mass is 591 g/mol. The van der Waals surface area contributed by atoms with E-state index in [1.807, 2.05) is 48.1 Å². The highest BCUT2D eigenvalue weighted by Gasteiger charge is 2.27. The maximum Gasteiger partial charge on any atom is 0.333 e. The summed E-state index contributed by atoms with van der Waals surface area (Å²) in [5, 5.41) is 7.23. The van der Waals surface area contributed by atoms with Crippen molar-refractivity contribution in [3.63, 3.8) is 0 Å². The number of hydrogen-bond donors (Lipinski definition) is 1. The van der Waals surface area contributed by atoms with E-state index in [-0.39, 0.29) is 28.2 Å². The second-order valence-corrected chi connectivity index (χ2v) is 11.1. The van der Waals surface area contributed by atoms with Crippen molar-refractivity contribution < 1.29 is 13.6 Å². The zero-order valence-corrected chi connectivity index (χ0v) is 23.5. The molecule has 1 fully saturated rings. The van der Waals surface area contributed by atoms with Crippen molar-refractivity contribution in [2.45, 2.75) is 44.7 Å². The average Bonchev–Trinajstić information content (AvgIpc) is 3.54. The molecular formula is C30H28ClF2N7O2. The van der Waals surface area contributed by atoms with Gasteiger partial charge in [0.25, 0.3) is 12.3 Å². The second kappa shape index (κ2) is 11.5. The Kier molecular flexibility index (Phi) is 7.59. The minimum Gasteiger partial charge on any atom is -0.349 e. The average molecular weight is 592 g/mol. The van der Waals surface area contributed by atoms with Gasteiger partial charge in [0.2, 0.25) is 0 Å². The zero-order chi connectivity index (χ0) is 29.4. The first-order valence-electron chi connectivity index (χ1n) is 13.7. The molecule has 0 bridgehead atoms. The Balaban J connectivity index is 1.19. The van der Waals surface area contributed by atoms with Crippen molar-refractivity contribution >= 4 is 28.5 Å². The van der Waals surface area contributed by atoms with Gasteiger partial charge in [-0.25, -0.2) is 13.6 Å². The summed E-state index contributed by atoms with van der Waals surface area (Å²) in [4.78, 5) is 34.7. The normalized spacial score (nSPS) is 17.2. The fourth-order valence-electron chi connectivity index (χ4n) is 5.73. The molecule has 6 rings (SSSR count). The lowest BCUT2D eigenvalue weighted by molar-refractivity contribution is 0.0904. The fourth-order valence-corrected chi connectivity index (χ4v) is 5.89. The molecule has 9 nitrogen and oxygen atoms in total. The van der Waals surface area contributed by atoms with Gasteiger partial charge in [0.05, 0.1) is 39.7 Å². The summed E-state index contributed by atoms with van der Waals surface area (Å²) in [5.41, 5.74) is 3.12. The third-order valence-electron chi connectivity index (χ3n) is 7.82. The van der Waals surface area contributed by atoms with Crippen LogP contribution in [0.2, 0.25) is 5.02 Å². The van der Waals surface area contributed by atoms with Gasteiger partial charge in [0.1, 0.15) is 5.69 Å². The highest BCUT2D eigenvalue weighted by molar-refractivity contribution is 6.30. The number of nitrogens with zero attached hydrogens (tertiary/aromatic N) is 6. The number of rotatable bonds is 7. The Hall–Kier alpha value is -4.38. The molecule has 1 aliphatic rings. The Bertz CT molecular complexity index is 1820. The second-order valence-electron chi connectivity index (χ2n) is 10.6. The number of imidazole rings is 1. The van der Waals surface area contributed by atoms with Crippen molar-refractivity contribution in [1.82, 2.24) is 34.2 Å². The highest BCUT2D eigenvalue weighted by atomic mass is 35.5. The number of carbonyl (C=O) groups is 1. The summed E-state index contributed by atoms with van der Waals surface area (Å²) in [7, 11) is 1.85. The number of para-hydroxylation sites is 2. The number of halogens is 3. The molecule has 42 heavy (non-hydrogen) atoms. The summed E-state index contributed by atoms with van der Waals surface area (Å²) in [6.07, 6.45) is 8.18. The van der Waals surface area contributed by atoms with Crippen LogP contribution in [0.1, 0.15) is 48.2 Å². The van der Waals surface area contributed by atoms with Gasteiger partial charge in [-0.3, -0.25) is 28.6 Å². The van der Waals surface area contributed by atoms with Gasteiger partial charge in [0.15, 0.2) is 0 Å². The van der Waals surface area contributed by atoms with Crippen LogP contribution < -0.4 is 11.0 Å². The number of aryl methyl sites for hydroxylation is 1. The molecule has 0 aliphatic heterocycles. The SMILES string of the molecule is Cn1cc(-c2cncc(-n3c(=O)n(CC4CCC(NC(=O)c5cc(Cl)cnc5C(F)F)CC4)c4ccccc43)c2)cn1. The predicted molar refractivity (Wildman–Crippen MR) is 155 cm³/mol. The Morgan fingerprint density at radius 2 is 1.81 bits per heavy atom. The van der Waals surface area contributed by atoms with E-state index in [4.69, 9.17) is 11.6 Å². The van der Waals surface area contributed by atoms with Crippen molar-refractivity contribution in [3.05, 3.63) is 94.1 Å². The number of nitrogens with one attached hydrogen (secondary N) is 1. The first-order chi connectivity index (χ1) is 20.3. The van der Waals surface area contributed by atoms with Crippen LogP contribution in [0, 0.1) is 5.92 Å². The molecule has 0 saturated heterocycles. The molecule has 5 aromatic rings. The lowest BCUT2D eigenvalue weighted by atomic mass is 9.85. The van der Waals surface area contributed by atoms with E-state index < -0.39 is 18.0 Å². The summed E-state index contributed by atoms with van der Waals surface area (Å²) in [6, 6.07) is 10.7. The van der Waals surface area contributed by atoms with E-state index in [2.05, 4.69) is 20.4 Å². The molecule has 1 saturated carbocycles. The highest BCUT2D eigenvalue weighted by Crippen LogP contribution is 2.29. The van der Waals surface area contributed by atoms with E-state index in [0.29, 0.717) is 25.1 Å². The number of alkyl halides is 2. The van der Waals surface area contributed by atoms with Crippen molar-refractivity contribution in [1.29, 1.82) is 0 Å². The molecule has 216 valence electrons. The largest absolute Gasteiger partial charge is 0.349 e. The maximum atomic E-state index is 13.8. The molecule has 4 heterocycles. The van der Waals surface area contributed by atoms with E-state index >= 15 is 0 Å². The number of carbonyl (C=O) groups excluding carboxylic acids is 1. The van der Waals surface area contributed by atoms with Crippen LogP contribution in [0.15, 0.2) is 72.2 Å². The quantitative estimate of drug-likeness (QED) is 0.267.